The minimum Gasteiger partial charge on any atom is -0.344 e. The number of alkyl halides is 3. The number of rotatable bonds is 9. The zero-order valence-corrected chi connectivity index (χ0v) is 23.0. The Morgan fingerprint density at radius 1 is 0.857 bits per heavy atom. The van der Waals surface area contributed by atoms with Gasteiger partial charge in [-0.05, 0) is 29.2 Å². The topological polar surface area (TPSA) is 86.8 Å². The van der Waals surface area contributed by atoms with E-state index in [9.17, 15) is 32.3 Å². The zero-order valence-electron chi connectivity index (χ0n) is 23.0. The molecule has 4 rings (SSSR count). The number of amides is 3. The largest absolute Gasteiger partial charge is 0.452 e. The van der Waals surface area contributed by atoms with Crippen LogP contribution < -0.4 is 5.32 Å². The molecule has 3 amide bonds. The lowest BCUT2D eigenvalue weighted by Gasteiger charge is -2.41. The molecule has 0 bridgehead atoms. The fourth-order valence-corrected chi connectivity index (χ4v) is 4.84. The van der Waals surface area contributed by atoms with Gasteiger partial charge >= 0.3 is 6.18 Å². The summed E-state index contributed by atoms with van der Waals surface area (Å²) in [5.74, 6) is -4.41. The average molecular weight is 578 g/mol. The van der Waals surface area contributed by atoms with Crippen LogP contribution in [-0.4, -0.2) is 58.1 Å². The van der Waals surface area contributed by atoms with Crippen molar-refractivity contribution in [3.05, 3.63) is 114 Å². The van der Waals surface area contributed by atoms with Crippen LogP contribution in [-0.2, 0) is 20.8 Å². The molecule has 0 saturated heterocycles. The average Bonchev–Trinajstić information content (AvgIpc) is 2.97. The second kappa shape index (κ2) is 12.8. The number of hydrogen-bond acceptors (Lipinski definition) is 4. The van der Waals surface area contributed by atoms with Crippen molar-refractivity contribution in [2.45, 2.75) is 38.5 Å². The Morgan fingerprint density at radius 3 is 1.95 bits per heavy atom. The zero-order chi connectivity index (χ0) is 30.4. The number of hydrogen-bond donors (Lipinski definition) is 1. The highest BCUT2D eigenvalue weighted by Gasteiger charge is 2.45. The summed E-state index contributed by atoms with van der Waals surface area (Å²) >= 11 is 0. The van der Waals surface area contributed by atoms with Gasteiger partial charge in [0.05, 0.1) is 5.70 Å². The fourth-order valence-electron chi connectivity index (χ4n) is 4.84. The summed E-state index contributed by atoms with van der Waals surface area (Å²) in [6, 6.07) is 22.1. The predicted molar refractivity (Wildman–Crippen MR) is 151 cm³/mol. The van der Waals surface area contributed by atoms with Crippen LogP contribution in [0.5, 0.6) is 0 Å². The molecule has 7 nitrogen and oxygen atoms in total. The van der Waals surface area contributed by atoms with Gasteiger partial charge in [0.1, 0.15) is 18.6 Å². The highest BCUT2D eigenvalue weighted by Crippen LogP contribution is 2.31. The molecule has 0 radical (unpaired) electrons. The van der Waals surface area contributed by atoms with Crippen LogP contribution in [0.4, 0.5) is 13.2 Å². The second-order valence-electron chi connectivity index (χ2n) is 10.2. The van der Waals surface area contributed by atoms with Crippen molar-refractivity contribution in [1.29, 1.82) is 0 Å². The maximum atomic E-state index is 14.0. The Labute approximate surface area is 241 Å². The number of nitrogens with zero attached hydrogens (tertiary/aromatic N) is 2. The Kier molecular flexibility index (Phi) is 9.25. The summed E-state index contributed by atoms with van der Waals surface area (Å²) in [6.45, 7) is 2.85. The van der Waals surface area contributed by atoms with Gasteiger partial charge in [0.2, 0.25) is 5.91 Å². The standard InChI is InChI=1S/C32H30F3N3O4/c1-21(2)28-31(42)37(20-27(39)36-25(29(40)32(33,34)35)18-22-12-6-3-7-13-22)26(23-14-8-4-9-15-23)19-38(28)30(41)24-16-10-5-11-17-24/h3-17,19,21,25,28H,18,20H2,1-2H3,(H,36,39)/t25-,28+/m0/s1. The summed E-state index contributed by atoms with van der Waals surface area (Å²) in [6.07, 6.45) is -4.07. The summed E-state index contributed by atoms with van der Waals surface area (Å²) in [5, 5.41) is 2.21. The van der Waals surface area contributed by atoms with Crippen molar-refractivity contribution in [1.82, 2.24) is 15.1 Å². The van der Waals surface area contributed by atoms with Gasteiger partial charge < -0.3 is 10.2 Å². The SMILES string of the molecule is CC(C)[C@@H]1C(=O)N(CC(=O)N[C@@H](Cc2ccccc2)C(=O)C(F)(F)F)C(c2ccccc2)=CN1C(=O)c1ccccc1. The van der Waals surface area contributed by atoms with Crippen molar-refractivity contribution in [3.8, 4) is 0 Å². The smallest absolute Gasteiger partial charge is 0.344 e. The van der Waals surface area contributed by atoms with E-state index in [2.05, 4.69) is 5.32 Å². The Balaban J connectivity index is 1.69. The molecule has 0 saturated carbocycles. The molecule has 1 aliphatic heterocycles. The molecule has 218 valence electrons. The van der Waals surface area contributed by atoms with E-state index in [1.807, 2.05) is 0 Å². The van der Waals surface area contributed by atoms with Gasteiger partial charge in [0, 0.05) is 18.2 Å². The monoisotopic (exact) mass is 577 g/mol. The van der Waals surface area contributed by atoms with Gasteiger partial charge in [-0.3, -0.25) is 24.1 Å². The Morgan fingerprint density at radius 2 is 1.40 bits per heavy atom. The first-order valence-electron chi connectivity index (χ1n) is 13.4. The molecular weight excluding hydrogens is 547 g/mol. The van der Waals surface area contributed by atoms with Crippen LogP contribution in [0.2, 0.25) is 0 Å². The van der Waals surface area contributed by atoms with E-state index >= 15 is 0 Å². The van der Waals surface area contributed by atoms with Gasteiger partial charge in [-0.2, -0.15) is 13.2 Å². The maximum Gasteiger partial charge on any atom is 0.452 e. The first-order chi connectivity index (χ1) is 20.0. The summed E-state index contributed by atoms with van der Waals surface area (Å²) in [5.41, 5.74) is 1.52. The van der Waals surface area contributed by atoms with Crippen LogP contribution in [0.25, 0.3) is 5.70 Å². The number of halogens is 3. The number of carbonyl (C=O) groups is 4. The van der Waals surface area contributed by atoms with Crippen LogP contribution in [0.1, 0.15) is 35.3 Å². The lowest BCUT2D eigenvalue weighted by atomic mass is 9.96. The van der Waals surface area contributed by atoms with E-state index in [0.717, 1.165) is 4.90 Å². The van der Waals surface area contributed by atoms with E-state index < -0.39 is 48.3 Å². The number of benzene rings is 3. The maximum absolute atomic E-state index is 14.0. The van der Waals surface area contributed by atoms with E-state index in [1.54, 1.807) is 105 Å². The second-order valence-corrected chi connectivity index (χ2v) is 10.2. The summed E-state index contributed by atoms with van der Waals surface area (Å²) < 4.78 is 40.3. The molecule has 3 aromatic carbocycles. The van der Waals surface area contributed by atoms with Gasteiger partial charge in [0.25, 0.3) is 17.6 Å². The third kappa shape index (κ3) is 6.94. The highest BCUT2D eigenvalue weighted by molar-refractivity contribution is 6.04. The molecule has 0 unspecified atom stereocenters. The third-order valence-corrected chi connectivity index (χ3v) is 6.84. The highest BCUT2D eigenvalue weighted by atomic mass is 19.4. The molecule has 2 atom stereocenters. The van der Waals surface area contributed by atoms with Crippen LogP contribution >= 0.6 is 0 Å². The van der Waals surface area contributed by atoms with Crippen molar-refractivity contribution in [2.24, 2.45) is 5.92 Å². The lowest BCUT2D eigenvalue weighted by molar-refractivity contribution is -0.173. The predicted octanol–water partition coefficient (Wildman–Crippen LogP) is 4.85. The normalized spacial score (nSPS) is 16.2. The van der Waals surface area contributed by atoms with Crippen molar-refractivity contribution in [3.63, 3.8) is 0 Å². The van der Waals surface area contributed by atoms with Crippen molar-refractivity contribution < 1.29 is 32.3 Å². The van der Waals surface area contributed by atoms with E-state index in [1.165, 1.54) is 11.1 Å². The number of carbonyl (C=O) groups excluding carboxylic acids is 4. The number of nitrogens with one attached hydrogen (secondary N) is 1. The minimum absolute atomic E-state index is 0.221. The van der Waals surface area contributed by atoms with Crippen LogP contribution in [0.3, 0.4) is 0 Å². The third-order valence-electron chi connectivity index (χ3n) is 6.84. The van der Waals surface area contributed by atoms with Gasteiger partial charge in [-0.1, -0.05) is 92.7 Å². The molecule has 1 aliphatic rings. The van der Waals surface area contributed by atoms with E-state index in [-0.39, 0.29) is 18.0 Å². The van der Waals surface area contributed by atoms with E-state index in [4.69, 9.17) is 0 Å². The lowest BCUT2D eigenvalue weighted by Crippen LogP contribution is -2.57. The number of ketones is 1. The minimum atomic E-state index is -5.18. The van der Waals surface area contributed by atoms with Crippen molar-refractivity contribution in [2.75, 3.05) is 6.54 Å². The quantitative estimate of drug-likeness (QED) is 0.394. The van der Waals surface area contributed by atoms with Gasteiger partial charge in [-0.15, -0.1) is 0 Å². The molecule has 0 aromatic heterocycles. The fraction of sp³-hybridized carbons (Fsp3) is 0.250. The Bertz CT molecular complexity index is 1460. The van der Waals surface area contributed by atoms with Crippen LogP contribution in [0, 0.1) is 5.92 Å². The molecule has 1 N–H and O–H groups in total. The number of Topliss-reactive ketones (excluding diaryl/α,β-unsaturated/α-hetero) is 1. The molecule has 0 fully saturated rings. The molecule has 42 heavy (non-hydrogen) atoms. The molecular formula is C32H30F3N3O4. The molecule has 10 heteroatoms. The molecule has 0 spiro atoms. The summed E-state index contributed by atoms with van der Waals surface area (Å²) in [4.78, 5) is 55.5. The van der Waals surface area contributed by atoms with Gasteiger partial charge in [-0.25, -0.2) is 0 Å². The van der Waals surface area contributed by atoms with Gasteiger partial charge in [0.15, 0.2) is 0 Å². The van der Waals surface area contributed by atoms with Crippen LogP contribution in [0.15, 0.2) is 97.2 Å². The molecule has 3 aromatic rings. The Hall–Kier alpha value is -4.73. The summed E-state index contributed by atoms with van der Waals surface area (Å²) in [7, 11) is 0. The van der Waals surface area contributed by atoms with Crippen molar-refractivity contribution >= 4 is 29.2 Å². The first-order valence-corrected chi connectivity index (χ1v) is 13.4. The first kappa shape index (κ1) is 30.2. The molecule has 0 aliphatic carbocycles. The molecule has 1 heterocycles. The van der Waals surface area contributed by atoms with E-state index in [0.29, 0.717) is 16.7 Å².